The van der Waals surface area contributed by atoms with Gasteiger partial charge in [-0.15, -0.1) is 0 Å². The Kier molecular flexibility index (Phi) is 4.98. The van der Waals surface area contributed by atoms with Gasteiger partial charge in [-0.25, -0.2) is 15.8 Å². The van der Waals surface area contributed by atoms with Crippen molar-refractivity contribution in [2.24, 2.45) is 5.92 Å². The molecule has 6 nitrogen and oxygen atoms in total. The van der Waals surface area contributed by atoms with Crippen LogP contribution < -0.4 is 10.9 Å². The number of carbonyl (C=O) groups is 1. The van der Waals surface area contributed by atoms with E-state index in [-0.39, 0.29) is 23.9 Å². The summed E-state index contributed by atoms with van der Waals surface area (Å²) in [6.45, 7) is 3.67. The van der Waals surface area contributed by atoms with Crippen LogP contribution in [0.1, 0.15) is 43.1 Å². The third-order valence-electron chi connectivity index (χ3n) is 5.65. The number of likely N-dealkylation sites (tertiary alicyclic amines) is 1. The van der Waals surface area contributed by atoms with Crippen molar-refractivity contribution in [3.8, 4) is 0 Å². The monoisotopic (exact) mass is 373 g/mol. The Morgan fingerprint density at radius 3 is 2.58 bits per heavy atom. The van der Waals surface area contributed by atoms with Crippen LogP contribution in [0.25, 0.3) is 0 Å². The molecule has 0 spiro atoms. The predicted molar refractivity (Wildman–Crippen MR) is 101 cm³/mol. The molecule has 7 heteroatoms. The molecule has 0 aliphatic carbocycles. The number of aromatic amines is 1. The number of benzene rings is 1. The first-order chi connectivity index (χ1) is 12.6. The van der Waals surface area contributed by atoms with Crippen molar-refractivity contribution >= 4 is 17.5 Å². The molecule has 0 saturated carbocycles. The van der Waals surface area contributed by atoms with Gasteiger partial charge >= 0.3 is 0 Å². The maximum Gasteiger partial charge on any atom is 0.241 e. The van der Waals surface area contributed by atoms with Crippen molar-refractivity contribution in [1.82, 2.24) is 25.7 Å². The topological polar surface area (TPSA) is 73.0 Å². The molecule has 0 radical (unpaired) electrons. The number of aromatic nitrogens is 2. The Morgan fingerprint density at radius 2 is 1.92 bits per heavy atom. The highest BCUT2D eigenvalue weighted by atomic mass is 35.5. The van der Waals surface area contributed by atoms with E-state index in [1.807, 2.05) is 35.4 Å². The van der Waals surface area contributed by atoms with Crippen molar-refractivity contribution in [2.45, 2.75) is 37.8 Å². The summed E-state index contributed by atoms with van der Waals surface area (Å²) in [4.78, 5) is 22.6. The fourth-order valence-electron chi connectivity index (χ4n) is 4.05. The van der Waals surface area contributed by atoms with Crippen LogP contribution in [0.3, 0.4) is 0 Å². The zero-order valence-electron chi connectivity index (χ0n) is 14.8. The first-order valence-corrected chi connectivity index (χ1v) is 9.56. The van der Waals surface area contributed by atoms with Crippen LogP contribution in [0.4, 0.5) is 0 Å². The number of rotatable bonds is 3. The number of H-pyrrole nitrogens is 1. The number of hydrogen-bond acceptors (Lipinski definition) is 4. The first kappa shape index (κ1) is 17.5. The maximum atomic E-state index is 13.0. The number of nitrogens with zero attached hydrogens (tertiary/aromatic N) is 2. The van der Waals surface area contributed by atoms with Gasteiger partial charge in [0.2, 0.25) is 5.91 Å². The summed E-state index contributed by atoms with van der Waals surface area (Å²) in [6, 6.07) is 7.69. The molecule has 3 N–H and O–H groups in total. The van der Waals surface area contributed by atoms with Gasteiger partial charge in [0.15, 0.2) is 0 Å². The lowest BCUT2D eigenvalue weighted by Gasteiger charge is -2.33. The Bertz CT molecular complexity index is 740. The van der Waals surface area contributed by atoms with Gasteiger partial charge in [-0.2, -0.15) is 0 Å². The second-order valence-electron chi connectivity index (χ2n) is 7.23. The number of hydrazine groups is 1. The molecule has 1 aromatic carbocycles. The normalized spacial score (nSPS) is 27.0. The highest BCUT2D eigenvalue weighted by Gasteiger charge is 2.40. The summed E-state index contributed by atoms with van der Waals surface area (Å²) >= 11 is 5.98. The molecule has 3 unspecified atom stereocenters. The van der Waals surface area contributed by atoms with E-state index >= 15 is 0 Å². The van der Waals surface area contributed by atoms with Crippen LogP contribution in [0, 0.1) is 5.92 Å². The number of amides is 1. The fourth-order valence-corrected chi connectivity index (χ4v) is 4.18. The maximum absolute atomic E-state index is 13.0. The number of carbonyl (C=O) groups excluding carboxylic acids is 1. The van der Waals surface area contributed by atoms with Crippen LogP contribution in [-0.2, 0) is 4.79 Å². The largest absolute Gasteiger partial charge is 0.348 e. The lowest BCUT2D eigenvalue weighted by molar-refractivity contribution is -0.135. The van der Waals surface area contributed by atoms with Crippen LogP contribution in [0.5, 0.6) is 0 Å². The van der Waals surface area contributed by atoms with Crippen molar-refractivity contribution in [1.29, 1.82) is 0 Å². The quantitative estimate of drug-likeness (QED) is 0.773. The molecule has 4 rings (SSSR count). The average molecular weight is 374 g/mol. The van der Waals surface area contributed by atoms with Crippen LogP contribution in [0.15, 0.2) is 36.7 Å². The van der Waals surface area contributed by atoms with E-state index in [4.69, 9.17) is 11.6 Å². The molecular weight excluding hydrogens is 350 g/mol. The summed E-state index contributed by atoms with van der Waals surface area (Å²) in [5, 5.41) is 0.722. The summed E-state index contributed by atoms with van der Waals surface area (Å²) in [5.74, 6) is 1.79. The van der Waals surface area contributed by atoms with Crippen LogP contribution >= 0.6 is 11.6 Å². The molecule has 138 valence electrons. The molecule has 2 aromatic rings. The standard InChI is InChI=1S/C19H24ClN5O/c1-12-16(13-2-4-15(20)5-3-13)23-24-17(12)19(26)25-10-6-14(7-11-25)18-21-8-9-22-18/h2-5,8-9,12,14,16-17,23-24H,6-7,10-11H2,1H3,(H,21,22). The van der Waals surface area contributed by atoms with Gasteiger partial charge in [-0.3, -0.25) is 4.79 Å². The minimum absolute atomic E-state index is 0.0990. The van der Waals surface area contributed by atoms with Crippen molar-refractivity contribution in [3.63, 3.8) is 0 Å². The van der Waals surface area contributed by atoms with E-state index in [1.165, 1.54) is 0 Å². The van der Waals surface area contributed by atoms with Crippen molar-refractivity contribution in [2.75, 3.05) is 13.1 Å². The van der Waals surface area contributed by atoms with Crippen molar-refractivity contribution in [3.05, 3.63) is 53.1 Å². The second kappa shape index (κ2) is 7.39. The SMILES string of the molecule is CC1C(C(=O)N2CCC(c3ncc[nH]3)CC2)NNC1c1ccc(Cl)cc1. The molecule has 3 atom stereocenters. The molecule has 0 bridgehead atoms. The summed E-state index contributed by atoms with van der Waals surface area (Å²) in [6.07, 6.45) is 5.56. The summed E-state index contributed by atoms with van der Waals surface area (Å²) < 4.78 is 0. The van der Waals surface area contributed by atoms with E-state index in [1.54, 1.807) is 6.20 Å². The van der Waals surface area contributed by atoms with Gasteiger partial charge in [0.25, 0.3) is 0 Å². The number of piperidine rings is 1. The third kappa shape index (κ3) is 3.37. The van der Waals surface area contributed by atoms with Gasteiger partial charge < -0.3 is 9.88 Å². The molecular formula is C19H24ClN5O. The predicted octanol–water partition coefficient (Wildman–Crippen LogP) is 2.62. The minimum Gasteiger partial charge on any atom is -0.348 e. The number of hydrogen-bond donors (Lipinski definition) is 3. The van der Waals surface area contributed by atoms with Gasteiger partial charge in [-0.05, 0) is 30.5 Å². The van der Waals surface area contributed by atoms with E-state index in [0.717, 1.165) is 42.3 Å². The highest BCUT2D eigenvalue weighted by Crippen LogP contribution is 2.31. The minimum atomic E-state index is -0.212. The Labute approximate surface area is 158 Å². The third-order valence-corrected chi connectivity index (χ3v) is 5.91. The lowest BCUT2D eigenvalue weighted by Crippen LogP contribution is -2.49. The molecule has 2 saturated heterocycles. The van der Waals surface area contributed by atoms with E-state index in [0.29, 0.717) is 5.92 Å². The number of nitrogens with one attached hydrogen (secondary N) is 3. The van der Waals surface area contributed by atoms with Gasteiger partial charge in [-0.1, -0.05) is 30.7 Å². The Morgan fingerprint density at radius 1 is 1.19 bits per heavy atom. The average Bonchev–Trinajstić information content (AvgIpc) is 3.32. The van der Waals surface area contributed by atoms with Crippen LogP contribution in [0.2, 0.25) is 5.02 Å². The number of halogens is 1. The van der Waals surface area contributed by atoms with E-state index in [2.05, 4.69) is 27.7 Å². The summed E-state index contributed by atoms with van der Waals surface area (Å²) in [5.41, 5.74) is 7.64. The fraction of sp³-hybridized carbons (Fsp3) is 0.474. The van der Waals surface area contributed by atoms with E-state index < -0.39 is 0 Å². The van der Waals surface area contributed by atoms with Gasteiger partial charge in [0.1, 0.15) is 11.9 Å². The second-order valence-corrected chi connectivity index (χ2v) is 7.67. The molecule has 2 aliphatic heterocycles. The van der Waals surface area contributed by atoms with Crippen LogP contribution in [-0.4, -0.2) is 39.9 Å². The summed E-state index contributed by atoms with van der Waals surface area (Å²) in [7, 11) is 0. The molecule has 26 heavy (non-hydrogen) atoms. The zero-order chi connectivity index (χ0) is 18.1. The Balaban J connectivity index is 1.37. The Hall–Kier alpha value is -1.89. The molecule has 1 aromatic heterocycles. The van der Waals surface area contributed by atoms with Crippen molar-refractivity contribution < 1.29 is 4.79 Å². The molecule has 2 aliphatic rings. The molecule has 1 amide bonds. The highest BCUT2D eigenvalue weighted by molar-refractivity contribution is 6.30. The smallest absolute Gasteiger partial charge is 0.241 e. The molecule has 3 heterocycles. The van der Waals surface area contributed by atoms with Gasteiger partial charge in [0, 0.05) is 42.3 Å². The first-order valence-electron chi connectivity index (χ1n) is 9.18. The van der Waals surface area contributed by atoms with Gasteiger partial charge in [0.05, 0.1) is 6.04 Å². The zero-order valence-corrected chi connectivity index (χ0v) is 15.5. The number of imidazole rings is 1. The van der Waals surface area contributed by atoms with E-state index in [9.17, 15) is 4.79 Å². The molecule has 2 fully saturated rings. The lowest BCUT2D eigenvalue weighted by atomic mass is 9.89.